The Morgan fingerprint density at radius 2 is 2.30 bits per heavy atom. The van der Waals surface area contributed by atoms with Gasteiger partial charge in [0.15, 0.2) is 0 Å². The second-order valence-corrected chi connectivity index (χ2v) is 4.75. The van der Waals surface area contributed by atoms with Crippen LogP contribution in [0.2, 0.25) is 0 Å². The number of halogens is 1. The number of rotatable bonds is 4. The summed E-state index contributed by atoms with van der Waals surface area (Å²) in [5.41, 5.74) is 0.368. The molecular formula is C14H17FN2O3. The van der Waals surface area contributed by atoms with E-state index in [0.717, 1.165) is 6.42 Å². The largest absolute Gasteiger partial charge is 0.368 e. The number of hydrogen-bond donors (Lipinski definition) is 1. The first-order valence-electron chi connectivity index (χ1n) is 6.48. The number of benzene rings is 1. The Balaban J connectivity index is 1.85. The number of nitrogens with one attached hydrogen (secondary N) is 1. The van der Waals surface area contributed by atoms with Crippen molar-refractivity contribution in [2.45, 2.75) is 18.9 Å². The fourth-order valence-electron chi connectivity index (χ4n) is 2.08. The number of hydrogen-bond acceptors (Lipinski definition) is 3. The molecule has 1 saturated heterocycles. The van der Waals surface area contributed by atoms with Gasteiger partial charge in [-0.1, -0.05) is 6.07 Å². The normalized spacial score (nSPS) is 17.8. The molecule has 108 valence electrons. The van der Waals surface area contributed by atoms with Crippen molar-refractivity contribution in [2.24, 2.45) is 0 Å². The Labute approximate surface area is 116 Å². The molecule has 0 bridgehead atoms. The number of amides is 2. The molecule has 1 aromatic rings. The fraction of sp³-hybridized carbons (Fsp3) is 0.429. The van der Waals surface area contributed by atoms with Crippen LogP contribution in [-0.4, -0.2) is 43.0 Å². The summed E-state index contributed by atoms with van der Waals surface area (Å²) in [6, 6.07) is 5.61. The minimum absolute atomic E-state index is 0.0881. The molecule has 0 aromatic heterocycles. The summed E-state index contributed by atoms with van der Waals surface area (Å²) in [4.78, 5) is 25.1. The molecule has 1 heterocycles. The van der Waals surface area contributed by atoms with E-state index in [0.29, 0.717) is 18.7 Å². The van der Waals surface area contributed by atoms with Crippen molar-refractivity contribution < 1.29 is 18.7 Å². The summed E-state index contributed by atoms with van der Waals surface area (Å²) in [5.74, 6) is -0.993. The maximum atomic E-state index is 13.0. The lowest BCUT2D eigenvalue weighted by Crippen LogP contribution is -2.40. The van der Waals surface area contributed by atoms with Crippen LogP contribution < -0.4 is 5.32 Å². The number of likely N-dealkylation sites (N-methyl/N-ethyl adjacent to an activating group) is 1. The Morgan fingerprint density at radius 1 is 1.50 bits per heavy atom. The van der Waals surface area contributed by atoms with Crippen LogP contribution in [0.4, 0.5) is 10.1 Å². The number of carbonyl (C=O) groups excluding carboxylic acids is 2. The van der Waals surface area contributed by atoms with Gasteiger partial charge in [-0.05, 0) is 31.0 Å². The van der Waals surface area contributed by atoms with Gasteiger partial charge in [0.25, 0.3) is 5.91 Å². The van der Waals surface area contributed by atoms with Gasteiger partial charge in [0.1, 0.15) is 11.9 Å². The van der Waals surface area contributed by atoms with Gasteiger partial charge < -0.3 is 15.0 Å². The third-order valence-corrected chi connectivity index (χ3v) is 3.07. The van der Waals surface area contributed by atoms with Crippen molar-refractivity contribution >= 4 is 17.5 Å². The molecule has 6 heteroatoms. The van der Waals surface area contributed by atoms with E-state index in [1.807, 2.05) is 0 Å². The van der Waals surface area contributed by atoms with Crippen LogP contribution in [0.25, 0.3) is 0 Å². The average molecular weight is 280 g/mol. The van der Waals surface area contributed by atoms with E-state index >= 15 is 0 Å². The molecule has 1 atom stereocenters. The maximum Gasteiger partial charge on any atom is 0.251 e. The molecule has 2 rings (SSSR count). The molecule has 0 saturated carbocycles. The first-order valence-corrected chi connectivity index (χ1v) is 6.48. The molecule has 1 N–H and O–H groups in total. The molecule has 1 aromatic carbocycles. The number of nitrogens with zero attached hydrogens (tertiary/aromatic N) is 1. The second-order valence-electron chi connectivity index (χ2n) is 4.75. The highest BCUT2D eigenvalue weighted by Gasteiger charge is 2.27. The first kappa shape index (κ1) is 14.5. The highest BCUT2D eigenvalue weighted by molar-refractivity contribution is 5.95. The van der Waals surface area contributed by atoms with Crippen LogP contribution in [0.15, 0.2) is 24.3 Å². The van der Waals surface area contributed by atoms with Gasteiger partial charge in [-0.25, -0.2) is 4.39 Å². The summed E-state index contributed by atoms with van der Waals surface area (Å²) in [6.45, 7) is 0.495. The zero-order valence-corrected chi connectivity index (χ0v) is 11.3. The zero-order valence-electron chi connectivity index (χ0n) is 11.3. The zero-order chi connectivity index (χ0) is 14.5. The third kappa shape index (κ3) is 3.77. The SMILES string of the molecule is CN(CC(=O)Nc1cccc(F)c1)C(=O)[C@@H]1CCCO1. The van der Waals surface area contributed by atoms with Crippen LogP contribution >= 0.6 is 0 Å². The van der Waals surface area contributed by atoms with Gasteiger partial charge in [0, 0.05) is 19.3 Å². The molecule has 20 heavy (non-hydrogen) atoms. The minimum Gasteiger partial charge on any atom is -0.368 e. The van der Waals surface area contributed by atoms with Crippen molar-refractivity contribution in [3.8, 4) is 0 Å². The Hall–Kier alpha value is -1.95. The van der Waals surface area contributed by atoms with Crippen LogP contribution in [-0.2, 0) is 14.3 Å². The van der Waals surface area contributed by atoms with E-state index < -0.39 is 11.9 Å². The predicted molar refractivity (Wildman–Crippen MR) is 71.6 cm³/mol. The van der Waals surface area contributed by atoms with Crippen LogP contribution in [0.5, 0.6) is 0 Å². The molecule has 2 amide bonds. The van der Waals surface area contributed by atoms with E-state index in [2.05, 4.69) is 5.32 Å². The summed E-state index contributed by atoms with van der Waals surface area (Å²) in [6.07, 6.45) is 1.11. The Morgan fingerprint density at radius 3 is 2.95 bits per heavy atom. The first-order chi connectivity index (χ1) is 9.56. The smallest absolute Gasteiger partial charge is 0.251 e. The van der Waals surface area contributed by atoms with E-state index in [4.69, 9.17) is 4.74 Å². The van der Waals surface area contributed by atoms with Crippen LogP contribution in [0.3, 0.4) is 0 Å². The highest BCUT2D eigenvalue weighted by Crippen LogP contribution is 2.14. The maximum absolute atomic E-state index is 13.0. The summed E-state index contributed by atoms with van der Waals surface area (Å²) < 4.78 is 18.3. The van der Waals surface area contributed by atoms with Crippen molar-refractivity contribution in [1.29, 1.82) is 0 Å². The lowest BCUT2D eigenvalue weighted by molar-refractivity contribution is -0.141. The standard InChI is InChI=1S/C14H17FN2O3/c1-17(14(19)12-6-3-7-20-12)9-13(18)16-11-5-2-4-10(15)8-11/h2,4-5,8,12H,3,6-7,9H2,1H3,(H,16,18)/t12-/m0/s1. The van der Waals surface area contributed by atoms with E-state index in [9.17, 15) is 14.0 Å². The van der Waals surface area contributed by atoms with Crippen LogP contribution in [0, 0.1) is 5.82 Å². The van der Waals surface area contributed by atoms with Gasteiger partial charge in [-0.2, -0.15) is 0 Å². The Bertz CT molecular complexity index is 501. The van der Waals surface area contributed by atoms with Gasteiger partial charge in [0.2, 0.25) is 5.91 Å². The van der Waals surface area contributed by atoms with Crippen molar-refractivity contribution in [2.75, 3.05) is 25.5 Å². The number of ether oxygens (including phenoxy) is 1. The molecule has 1 fully saturated rings. The van der Waals surface area contributed by atoms with Crippen LogP contribution in [0.1, 0.15) is 12.8 Å². The summed E-state index contributed by atoms with van der Waals surface area (Å²) >= 11 is 0. The lowest BCUT2D eigenvalue weighted by atomic mass is 10.2. The summed E-state index contributed by atoms with van der Waals surface area (Å²) in [5, 5.41) is 2.55. The van der Waals surface area contributed by atoms with Gasteiger partial charge in [-0.3, -0.25) is 9.59 Å². The topological polar surface area (TPSA) is 58.6 Å². The molecule has 0 aliphatic carbocycles. The predicted octanol–water partition coefficient (Wildman–Crippen LogP) is 1.40. The van der Waals surface area contributed by atoms with E-state index in [1.165, 1.54) is 23.1 Å². The van der Waals surface area contributed by atoms with E-state index in [-0.39, 0.29) is 18.4 Å². The van der Waals surface area contributed by atoms with Crippen molar-refractivity contribution in [3.63, 3.8) is 0 Å². The van der Waals surface area contributed by atoms with Crippen molar-refractivity contribution in [1.82, 2.24) is 4.90 Å². The Kier molecular flexibility index (Phi) is 4.68. The van der Waals surface area contributed by atoms with Gasteiger partial charge in [-0.15, -0.1) is 0 Å². The molecule has 1 aliphatic rings. The fourth-order valence-corrected chi connectivity index (χ4v) is 2.08. The minimum atomic E-state index is -0.443. The monoisotopic (exact) mass is 280 g/mol. The molecule has 1 aliphatic heterocycles. The highest BCUT2D eigenvalue weighted by atomic mass is 19.1. The molecule has 5 nitrogen and oxygen atoms in total. The second kappa shape index (κ2) is 6.47. The van der Waals surface area contributed by atoms with Gasteiger partial charge in [0.05, 0.1) is 6.54 Å². The lowest BCUT2D eigenvalue weighted by Gasteiger charge is -2.20. The van der Waals surface area contributed by atoms with Crippen molar-refractivity contribution in [3.05, 3.63) is 30.1 Å². The number of carbonyl (C=O) groups is 2. The molecular weight excluding hydrogens is 263 g/mol. The molecule has 0 unspecified atom stereocenters. The quantitative estimate of drug-likeness (QED) is 0.907. The third-order valence-electron chi connectivity index (χ3n) is 3.07. The molecule has 0 spiro atoms. The average Bonchev–Trinajstić information content (AvgIpc) is 2.91. The number of anilines is 1. The van der Waals surface area contributed by atoms with E-state index in [1.54, 1.807) is 13.1 Å². The van der Waals surface area contributed by atoms with Gasteiger partial charge >= 0.3 is 0 Å². The molecule has 0 radical (unpaired) electrons. The summed E-state index contributed by atoms with van der Waals surface area (Å²) in [7, 11) is 1.55.